The predicted octanol–water partition coefficient (Wildman–Crippen LogP) is 1.01. The van der Waals surface area contributed by atoms with Gasteiger partial charge in [0, 0.05) is 12.7 Å². The molecule has 0 saturated heterocycles. The number of nitrogens with one attached hydrogen (secondary N) is 3. The van der Waals surface area contributed by atoms with Crippen LogP contribution in [0, 0.1) is 0 Å². The maximum atomic E-state index is 12.9. The minimum Gasteiger partial charge on any atom is -0.325 e. The first-order chi connectivity index (χ1) is 14.3. The molecule has 30 heavy (non-hydrogen) atoms. The molecule has 0 unspecified atom stereocenters. The van der Waals surface area contributed by atoms with Crippen molar-refractivity contribution in [2.45, 2.75) is 9.92 Å². The van der Waals surface area contributed by atoms with Crippen molar-refractivity contribution >= 4 is 39.1 Å². The Balaban J connectivity index is 1.71. The van der Waals surface area contributed by atoms with Gasteiger partial charge in [0.05, 0.1) is 16.3 Å². The van der Waals surface area contributed by atoms with Gasteiger partial charge in [-0.1, -0.05) is 36.0 Å². The molecule has 0 saturated carbocycles. The van der Waals surface area contributed by atoms with Gasteiger partial charge in [-0.15, -0.1) is 0 Å². The third-order valence-electron chi connectivity index (χ3n) is 3.92. The molecule has 0 radical (unpaired) electrons. The number of hydrogen-bond acceptors (Lipinski definition) is 7. The third kappa shape index (κ3) is 4.96. The number of anilines is 2. The van der Waals surface area contributed by atoms with Gasteiger partial charge in [0.25, 0.3) is 15.6 Å². The lowest BCUT2D eigenvalue weighted by Gasteiger charge is -2.19. The van der Waals surface area contributed by atoms with Crippen LogP contribution >= 0.6 is 11.8 Å². The maximum absolute atomic E-state index is 12.9. The molecule has 0 aliphatic heterocycles. The first kappa shape index (κ1) is 21.3. The van der Waals surface area contributed by atoms with E-state index >= 15 is 0 Å². The fourth-order valence-corrected chi connectivity index (χ4v) is 4.31. The van der Waals surface area contributed by atoms with Crippen LogP contribution in [-0.4, -0.2) is 42.3 Å². The van der Waals surface area contributed by atoms with Crippen molar-refractivity contribution in [3.05, 3.63) is 75.4 Å². The van der Waals surface area contributed by atoms with E-state index in [2.05, 4.69) is 15.5 Å². The zero-order valence-corrected chi connectivity index (χ0v) is 17.3. The van der Waals surface area contributed by atoms with Crippen LogP contribution in [0.1, 0.15) is 0 Å². The quantitative estimate of drug-likeness (QED) is 0.458. The molecule has 3 rings (SSSR count). The number of aromatic amines is 2. The van der Waals surface area contributed by atoms with Gasteiger partial charge >= 0.3 is 5.69 Å². The molecule has 0 bridgehead atoms. The highest BCUT2D eigenvalue weighted by Crippen LogP contribution is 2.23. The van der Waals surface area contributed by atoms with Gasteiger partial charge in [-0.3, -0.25) is 18.9 Å². The monoisotopic (exact) mass is 447 g/mol. The molecule has 0 atom stereocenters. The lowest BCUT2D eigenvalue weighted by Crippen LogP contribution is -2.26. The number of sulfonamides is 1. The zero-order valence-electron chi connectivity index (χ0n) is 15.7. The van der Waals surface area contributed by atoms with Crippen LogP contribution in [0.15, 0.2) is 74.1 Å². The highest BCUT2D eigenvalue weighted by Gasteiger charge is 2.21. The average molecular weight is 447 g/mol. The Morgan fingerprint density at radius 1 is 1.13 bits per heavy atom. The smallest absolute Gasteiger partial charge is 0.325 e. The minimum absolute atomic E-state index is 0.0121. The van der Waals surface area contributed by atoms with Gasteiger partial charge < -0.3 is 5.32 Å². The number of amides is 1. The minimum atomic E-state index is -3.83. The summed E-state index contributed by atoms with van der Waals surface area (Å²) in [6, 6.07) is 14.5. The Hall–Kier alpha value is -3.38. The summed E-state index contributed by atoms with van der Waals surface area (Å²) in [5, 5.41) is 8.16. The Bertz CT molecular complexity index is 1270. The van der Waals surface area contributed by atoms with E-state index in [4.69, 9.17) is 0 Å². The largest absolute Gasteiger partial charge is 0.342 e. The third-order valence-corrected chi connectivity index (χ3v) is 6.65. The normalized spacial score (nSPS) is 11.1. The van der Waals surface area contributed by atoms with Crippen LogP contribution < -0.4 is 20.9 Å². The maximum Gasteiger partial charge on any atom is 0.342 e. The lowest BCUT2D eigenvalue weighted by atomic mass is 10.3. The number of thioether (sulfide) groups is 1. The fraction of sp³-hybridized carbons (Fsp3) is 0.111. The van der Waals surface area contributed by atoms with Crippen molar-refractivity contribution in [2.75, 3.05) is 22.4 Å². The number of H-pyrrole nitrogens is 2. The van der Waals surface area contributed by atoms with Gasteiger partial charge in [0.15, 0.2) is 5.03 Å². The number of carbonyl (C=O) groups excluding carboxylic acids is 1. The Labute approximate surface area is 175 Å². The topological polar surface area (TPSA) is 145 Å². The summed E-state index contributed by atoms with van der Waals surface area (Å²) in [6.45, 7) is 0. The molecule has 0 fully saturated rings. The summed E-state index contributed by atoms with van der Waals surface area (Å²) in [5.74, 6) is -0.637. The predicted molar refractivity (Wildman–Crippen MR) is 113 cm³/mol. The highest BCUT2D eigenvalue weighted by atomic mass is 32.2. The van der Waals surface area contributed by atoms with Crippen molar-refractivity contribution in [2.24, 2.45) is 0 Å². The van der Waals surface area contributed by atoms with Crippen molar-refractivity contribution in [3.63, 3.8) is 0 Å². The van der Waals surface area contributed by atoms with Crippen molar-refractivity contribution in [3.8, 4) is 0 Å². The zero-order chi connectivity index (χ0) is 21.7. The molecule has 1 heterocycles. The fourth-order valence-electron chi connectivity index (χ4n) is 2.43. The second-order valence-corrected chi connectivity index (χ2v) is 8.92. The molecule has 3 aromatic rings. The number of benzene rings is 2. The molecule has 1 aromatic heterocycles. The number of nitrogens with zero attached hydrogens (tertiary/aromatic N) is 2. The standard InChI is InChI=1S/C18H17N5O5S2/c1-23(13-7-3-2-4-8-13)30(27,28)14-9-5-6-12(10-14)19-15(24)11-29-17-16(25)20-18(26)22-21-17/h2-10H,11H2,1H3,(H,19,24)(H2,20,22,25,26). The molecule has 156 valence electrons. The first-order valence-corrected chi connectivity index (χ1v) is 11.0. The summed E-state index contributed by atoms with van der Waals surface area (Å²) in [5.41, 5.74) is -0.658. The summed E-state index contributed by atoms with van der Waals surface area (Å²) in [6.07, 6.45) is 0. The number of aromatic nitrogens is 3. The van der Waals surface area contributed by atoms with Crippen LogP contribution in [-0.2, 0) is 14.8 Å². The van der Waals surface area contributed by atoms with Crippen LogP contribution in [0.3, 0.4) is 0 Å². The molecule has 0 spiro atoms. The van der Waals surface area contributed by atoms with Crippen molar-refractivity contribution < 1.29 is 13.2 Å². The second-order valence-electron chi connectivity index (χ2n) is 5.98. The molecule has 0 aliphatic rings. The summed E-state index contributed by atoms with van der Waals surface area (Å²) < 4.78 is 26.9. The van der Waals surface area contributed by atoms with E-state index in [9.17, 15) is 22.8 Å². The summed E-state index contributed by atoms with van der Waals surface area (Å²) in [7, 11) is -2.38. The van der Waals surface area contributed by atoms with E-state index < -0.39 is 27.2 Å². The molecule has 0 aliphatic carbocycles. The van der Waals surface area contributed by atoms with Crippen molar-refractivity contribution in [1.82, 2.24) is 15.2 Å². The van der Waals surface area contributed by atoms with Gasteiger partial charge in [-0.05, 0) is 30.3 Å². The van der Waals surface area contributed by atoms with Crippen LogP contribution in [0.4, 0.5) is 11.4 Å². The molecular formula is C18H17N5O5S2. The lowest BCUT2D eigenvalue weighted by molar-refractivity contribution is -0.113. The second kappa shape index (κ2) is 8.97. The van der Waals surface area contributed by atoms with E-state index in [0.29, 0.717) is 5.69 Å². The SMILES string of the molecule is CN(c1ccccc1)S(=O)(=O)c1cccc(NC(=O)CSc2n[nH]c(=O)[nH]c2=O)c1. The van der Waals surface area contributed by atoms with Crippen LogP contribution in [0.2, 0.25) is 0 Å². The molecule has 10 nitrogen and oxygen atoms in total. The van der Waals surface area contributed by atoms with Gasteiger partial charge in [0.1, 0.15) is 0 Å². The number of hydrogen-bond donors (Lipinski definition) is 3. The van der Waals surface area contributed by atoms with E-state index in [-0.39, 0.29) is 21.4 Å². The van der Waals surface area contributed by atoms with Gasteiger partial charge in [0.2, 0.25) is 5.91 Å². The van der Waals surface area contributed by atoms with Crippen LogP contribution in [0.5, 0.6) is 0 Å². The molecule has 12 heteroatoms. The summed E-state index contributed by atoms with van der Waals surface area (Å²) in [4.78, 5) is 36.7. The molecular weight excluding hydrogens is 430 g/mol. The van der Waals surface area contributed by atoms with E-state index in [1.807, 2.05) is 4.98 Å². The Morgan fingerprint density at radius 2 is 1.87 bits per heavy atom. The van der Waals surface area contributed by atoms with Crippen LogP contribution in [0.25, 0.3) is 0 Å². The molecule has 3 N–H and O–H groups in total. The van der Waals surface area contributed by atoms with Crippen molar-refractivity contribution in [1.29, 1.82) is 0 Å². The van der Waals surface area contributed by atoms with Gasteiger partial charge in [-0.25, -0.2) is 18.3 Å². The number of rotatable bonds is 7. The van der Waals surface area contributed by atoms with E-state index in [0.717, 1.165) is 16.1 Å². The first-order valence-electron chi connectivity index (χ1n) is 8.53. The Kier molecular flexibility index (Phi) is 6.37. The van der Waals surface area contributed by atoms with Gasteiger partial charge in [-0.2, -0.15) is 5.10 Å². The number of carbonyl (C=O) groups is 1. The molecule has 2 aromatic carbocycles. The van der Waals surface area contributed by atoms with E-state index in [1.165, 1.54) is 25.2 Å². The number of para-hydroxylation sites is 1. The highest BCUT2D eigenvalue weighted by molar-refractivity contribution is 7.99. The Morgan fingerprint density at radius 3 is 2.57 bits per heavy atom. The average Bonchev–Trinajstić information content (AvgIpc) is 2.73. The molecule has 1 amide bonds. The van der Waals surface area contributed by atoms with E-state index in [1.54, 1.807) is 36.4 Å². The summed E-state index contributed by atoms with van der Waals surface area (Å²) >= 11 is 0.831.